The zero-order valence-electron chi connectivity index (χ0n) is 12.1. The van der Waals surface area contributed by atoms with Gasteiger partial charge in [0.2, 0.25) is 0 Å². The third-order valence-electron chi connectivity index (χ3n) is 2.97. The van der Waals surface area contributed by atoms with Gasteiger partial charge in [0.1, 0.15) is 10.6 Å². The Morgan fingerprint density at radius 1 is 1.22 bits per heavy atom. The molecule has 0 heterocycles. The predicted octanol–water partition coefficient (Wildman–Crippen LogP) is 1.44. The lowest BCUT2D eigenvalue weighted by molar-refractivity contribution is -0.304. The van der Waals surface area contributed by atoms with Crippen molar-refractivity contribution in [1.82, 2.24) is 0 Å². The number of carboxylic acid groups (broad SMARTS) is 1. The standard InChI is InChI=1S/C15H14ClNO5S/c1-22-13-7-4-11(16)9-14(13)23(20,21)17-12-5-2-10(3-6-12)8-15(18)19/h2-7,9,17H,8H2,1H3,(H,18,19)/p-1. The first kappa shape index (κ1) is 17.1. The predicted molar refractivity (Wildman–Crippen MR) is 84.0 cm³/mol. The molecule has 8 heteroatoms. The number of hydrogen-bond acceptors (Lipinski definition) is 5. The number of rotatable bonds is 6. The lowest BCUT2D eigenvalue weighted by atomic mass is 10.1. The first-order valence-electron chi connectivity index (χ1n) is 6.47. The summed E-state index contributed by atoms with van der Waals surface area (Å²) >= 11 is 5.84. The molecule has 0 spiro atoms. The van der Waals surface area contributed by atoms with E-state index in [0.29, 0.717) is 5.56 Å². The summed E-state index contributed by atoms with van der Waals surface area (Å²) in [7, 11) is -2.54. The van der Waals surface area contributed by atoms with E-state index in [-0.39, 0.29) is 27.8 Å². The number of anilines is 1. The molecule has 0 aliphatic heterocycles. The third-order valence-corrected chi connectivity index (χ3v) is 4.61. The van der Waals surface area contributed by atoms with Gasteiger partial charge in [-0.25, -0.2) is 8.42 Å². The van der Waals surface area contributed by atoms with Crippen molar-refractivity contribution in [3.63, 3.8) is 0 Å². The van der Waals surface area contributed by atoms with E-state index >= 15 is 0 Å². The Bertz CT molecular complexity index is 818. The summed E-state index contributed by atoms with van der Waals surface area (Å²) in [6.07, 6.45) is -0.241. The number of ether oxygens (including phenoxy) is 1. The highest BCUT2D eigenvalue weighted by molar-refractivity contribution is 7.92. The van der Waals surface area contributed by atoms with Crippen LogP contribution in [0.15, 0.2) is 47.4 Å². The smallest absolute Gasteiger partial charge is 0.265 e. The number of carboxylic acids is 1. The van der Waals surface area contributed by atoms with Gasteiger partial charge >= 0.3 is 0 Å². The molecule has 0 bridgehead atoms. The molecule has 0 aliphatic rings. The number of aliphatic carboxylic acids is 1. The average Bonchev–Trinajstić information content (AvgIpc) is 2.48. The lowest BCUT2D eigenvalue weighted by Gasteiger charge is -2.12. The highest BCUT2D eigenvalue weighted by Gasteiger charge is 2.20. The van der Waals surface area contributed by atoms with Gasteiger partial charge in [-0.15, -0.1) is 0 Å². The van der Waals surface area contributed by atoms with Gasteiger partial charge in [0.25, 0.3) is 10.0 Å². The Kier molecular flexibility index (Phi) is 5.12. The van der Waals surface area contributed by atoms with Crippen LogP contribution in [-0.4, -0.2) is 21.5 Å². The first-order chi connectivity index (χ1) is 10.8. The minimum absolute atomic E-state index is 0.0914. The van der Waals surface area contributed by atoms with Crippen molar-refractivity contribution in [2.24, 2.45) is 0 Å². The molecular formula is C15H13ClNO5S-. The number of hydrogen-bond donors (Lipinski definition) is 1. The number of benzene rings is 2. The van der Waals surface area contributed by atoms with Gasteiger partial charge in [0.15, 0.2) is 0 Å². The van der Waals surface area contributed by atoms with Crippen molar-refractivity contribution in [3.05, 3.63) is 53.1 Å². The molecule has 2 aromatic rings. The molecule has 6 nitrogen and oxygen atoms in total. The second kappa shape index (κ2) is 6.89. The second-order valence-corrected chi connectivity index (χ2v) is 6.73. The topological polar surface area (TPSA) is 95.5 Å². The molecule has 0 saturated heterocycles. The number of carbonyl (C=O) groups excluding carboxylic acids is 1. The largest absolute Gasteiger partial charge is 0.550 e. The van der Waals surface area contributed by atoms with E-state index < -0.39 is 16.0 Å². The highest BCUT2D eigenvalue weighted by Crippen LogP contribution is 2.28. The van der Waals surface area contributed by atoms with E-state index in [4.69, 9.17) is 16.3 Å². The number of sulfonamides is 1. The van der Waals surface area contributed by atoms with Crippen molar-refractivity contribution in [1.29, 1.82) is 0 Å². The molecule has 0 aromatic heterocycles. The Morgan fingerprint density at radius 2 is 1.87 bits per heavy atom. The fourth-order valence-corrected chi connectivity index (χ4v) is 3.42. The molecule has 0 unspecified atom stereocenters. The number of nitrogens with one attached hydrogen (secondary N) is 1. The molecule has 0 amide bonds. The minimum atomic E-state index is -3.90. The highest BCUT2D eigenvalue weighted by atomic mass is 35.5. The Morgan fingerprint density at radius 3 is 2.43 bits per heavy atom. The molecule has 0 fully saturated rings. The summed E-state index contributed by atoms with van der Waals surface area (Å²) in [5.74, 6) is -1.04. The number of halogens is 1. The van der Waals surface area contributed by atoms with Crippen LogP contribution < -0.4 is 14.6 Å². The fourth-order valence-electron chi connectivity index (χ4n) is 1.93. The molecule has 23 heavy (non-hydrogen) atoms. The molecule has 0 saturated carbocycles. The van der Waals surface area contributed by atoms with E-state index in [2.05, 4.69) is 4.72 Å². The van der Waals surface area contributed by atoms with Crippen LogP contribution in [0.25, 0.3) is 0 Å². The van der Waals surface area contributed by atoms with E-state index in [1.54, 1.807) is 0 Å². The van der Waals surface area contributed by atoms with Gasteiger partial charge < -0.3 is 14.6 Å². The van der Waals surface area contributed by atoms with Crippen LogP contribution in [0.3, 0.4) is 0 Å². The quantitative estimate of drug-likeness (QED) is 0.846. The fraction of sp³-hybridized carbons (Fsp3) is 0.133. The van der Waals surface area contributed by atoms with Crippen LogP contribution in [0.2, 0.25) is 5.02 Å². The summed E-state index contributed by atoms with van der Waals surface area (Å²) in [6, 6.07) is 10.2. The molecule has 0 aliphatic carbocycles. The van der Waals surface area contributed by atoms with E-state index in [1.165, 1.54) is 49.6 Å². The van der Waals surface area contributed by atoms with Crippen molar-refractivity contribution in [2.75, 3.05) is 11.8 Å². The van der Waals surface area contributed by atoms with Crippen LogP contribution >= 0.6 is 11.6 Å². The SMILES string of the molecule is COc1ccc(Cl)cc1S(=O)(=O)Nc1ccc(CC(=O)[O-])cc1. The molecule has 1 N–H and O–H groups in total. The monoisotopic (exact) mass is 354 g/mol. The van der Waals surface area contributed by atoms with Crippen molar-refractivity contribution < 1.29 is 23.1 Å². The Balaban J connectivity index is 2.28. The summed E-state index contributed by atoms with van der Waals surface area (Å²) in [5.41, 5.74) is 0.794. The zero-order chi connectivity index (χ0) is 17.0. The van der Waals surface area contributed by atoms with Crippen molar-refractivity contribution in [3.8, 4) is 5.75 Å². The summed E-state index contributed by atoms with van der Waals surface area (Å²) in [4.78, 5) is 10.4. The van der Waals surface area contributed by atoms with Gasteiger partial charge in [-0.2, -0.15) is 0 Å². The maximum absolute atomic E-state index is 12.4. The Labute approximate surface area is 138 Å². The van der Waals surface area contributed by atoms with Crippen LogP contribution in [0.4, 0.5) is 5.69 Å². The van der Waals surface area contributed by atoms with E-state index in [0.717, 1.165) is 0 Å². The molecule has 0 atom stereocenters. The van der Waals surface area contributed by atoms with Gasteiger partial charge in [-0.3, -0.25) is 4.72 Å². The molecule has 2 aromatic carbocycles. The molecule has 0 radical (unpaired) electrons. The van der Waals surface area contributed by atoms with E-state index in [1.807, 2.05) is 0 Å². The summed E-state index contributed by atoms with van der Waals surface area (Å²) < 4.78 is 32.3. The third kappa shape index (κ3) is 4.37. The molecular weight excluding hydrogens is 342 g/mol. The van der Waals surface area contributed by atoms with Crippen LogP contribution in [-0.2, 0) is 21.2 Å². The number of carbonyl (C=O) groups is 1. The first-order valence-corrected chi connectivity index (χ1v) is 8.33. The van der Waals surface area contributed by atoms with Gasteiger partial charge in [-0.05, 0) is 35.9 Å². The summed E-state index contributed by atoms with van der Waals surface area (Å²) in [6.45, 7) is 0. The maximum Gasteiger partial charge on any atom is 0.265 e. The molecule has 122 valence electrons. The zero-order valence-corrected chi connectivity index (χ0v) is 13.6. The van der Waals surface area contributed by atoms with Crippen molar-refractivity contribution >= 4 is 33.3 Å². The molecule has 2 rings (SSSR count). The average molecular weight is 355 g/mol. The van der Waals surface area contributed by atoms with Gasteiger partial charge in [0, 0.05) is 23.1 Å². The second-order valence-electron chi connectivity index (χ2n) is 4.65. The van der Waals surface area contributed by atoms with Gasteiger partial charge in [-0.1, -0.05) is 23.7 Å². The van der Waals surface area contributed by atoms with Crippen LogP contribution in [0, 0.1) is 0 Å². The van der Waals surface area contributed by atoms with Crippen LogP contribution in [0.1, 0.15) is 5.56 Å². The summed E-state index contributed by atoms with van der Waals surface area (Å²) in [5, 5.41) is 10.8. The Hall–Kier alpha value is -2.25. The maximum atomic E-state index is 12.4. The lowest BCUT2D eigenvalue weighted by Crippen LogP contribution is -2.24. The number of methoxy groups -OCH3 is 1. The van der Waals surface area contributed by atoms with Crippen LogP contribution in [0.5, 0.6) is 5.75 Å². The minimum Gasteiger partial charge on any atom is -0.550 e. The van der Waals surface area contributed by atoms with Crippen molar-refractivity contribution in [2.45, 2.75) is 11.3 Å². The van der Waals surface area contributed by atoms with E-state index in [9.17, 15) is 18.3 Å². The normalized spacial score (nSPS) is 11.0. The van der Waals surface area contributed by atoms with Gasteiger partial charge in [0.05, 0.1) is 7.11 Å².